The van der Waals surface area contributed by atoms with Gasteiger partial charge in [-0.2, -0.15) is 5.10 Å². The molecule has 1 atom stereocenters. The SMILES string of the molecule is COCCn1ccc(NC(=O)N2CCN(CC(O)c3ccccc3)CC2)n1. The first kappa shape index (κ1) is 19.3. The highest BCUT2D eigenvalue weighted by molar-refractivity contribution is 5.88. The zero-order valence-electron chi connectivity index (χ0n) is 15.6. The predicted octanol–water partition coefficient (Wildman–Crippen LogP) is 1.41. The smallest absolute Gasteiger partial charge is 0.323 e. The number of ether oxygens (including phenoxy) is 1. The molecular weight excluding hydrogens is 346 g/mol. The van der Waals surface area contributed by atoms with Crippen molar-refractivity contribution < 1.29 is 14.6 Å². The lowest BCUT2D eigenvalue weighted by molar-refractivity contribution is 0.0831. The molecule has 0 saturated carbocycles. The topological polar surface area (TPSA) is 82.9 Å². The molecule has 0 radical (unpaired) electrons. The number of benzene rings is 1. The van der Waals surface area contributed by atoms with Crippen molar-refractivity contribution in [1.82, 2.24) is 19.6 Å². The number of rotatable bonds is 7. The molecule has 1 unspecified atom stereocenters. The van der Waals surface area contributed by atoms with E-state index in [4.69, 9.17) is 4.74 Å². The molecule has 2 heterocycles. The third-order valence-electron chi connectivity index (χ3n) is 4.68. The van der Waals surface area contributed by atoms with Crippen LogP contribution in [0.3, 0.4) is 0 Å². The van der Waals surface area contributed by atoms with Crippen LogP contribution in [0.1, 0.15) is 11.7 Å². The maximum absolute atomic E-state index is 12.4. The third kappa shape index (κ3) is 5.53. The van der Waals surface area contributed by atoms with Gasteiger partial charge >= 0.3 is 6.03 Å². The average molecular weight is 373 g/mol. The summed E-state index contributed by atoms with van der Waals surface area (Å²) in [7, 11) is 1.64. The highest BCUT2D eigenvalue weighted by atomic mass is 16.5. The first-order chi connectivity index (χ1) is 13.2. The van der Waals surface area contributed by atoms with Gasteiger partial charge in [-0.25, -0.2) is 4.79 Å². The maximum atomic E-state index is 12.4. The van der Waals surface area contributed by atoms with Gasteiger partial charge < -0.3 is 14.7 Å². The molecule has 2 amide bonds. The number of amides is 2. The van der Waals surface area contributed by atoms with E-state index in [9.17, 15) is 9.90 Å². The first-order valence-electron chi connectivity index (χ1n) is 9.19. The van der Waals surface area contributed by atoms with Gasteiger partial charge in [-0.3, -0.25) is 14.9 Å². The van der Waals surface area contributed by atoms with Crippen molar-refractivity contribution in [2.24, 2.45) is 0 Å². The van der Waals surface area contributed by atoms with Crippen LogP contribution in [-0.4, -0.2) is 77.2 Å². The Bertz CT molecular complexity index is 713. The molecule has 8 heteroatoms. The fraction of sp³-hybridized carbons (Fsp3) is 0.474. The Balaban J connectivity index is 1.43. The van der Waals surface area contributed by atoms with E-state index in [0.717, 1.165) is 18.7 Å². The molecule has 1 aliphatic rings. The largest absolute Gasteiger partial charge is 0.387 e. The fourth-order valence-electron chi connectivity index (χ4n) is 3.09. The average Bonchev–Trinajstić information content (AvgIpc) is 3.14. The second-order valence-electron chi connectivity index (χ2n) is 6.60. The quantitative estimate of drug-likeness (QED) is 0.767. The van der Waals surface area contributed by atoms with E-state index in [-0.39, 0.29) is 6.03 Å². The zero-order chi connectivity index (χ0) is 19.1. The lowest BCUT2D eigenvalue weighted by atomic mass is 10.1. The Morgan fingerprint density at radius 1 is 1.22 bits per heavy atom. The lowest BCUT2D eigenvalue weighted by Gasteiger charge is -2.35. The Labute approximate surface area is 159 Å². The number of anilines is 1. The summed E-state index contributed by atoms with van der Waals surface area (Å²) in [4.78, 5) is 16.4. The van der Waals surface area contributed by atoms with Gasteiger partial charge in [-0.15, -0.1) is 0 Å². The molecule has 0 aliphatic carbocycles. The maximum Gasteiger partial charge on any atom is 0.323 e. The number of aliphatic hydroxyl groups is 1. The Hall–Kier alpha value is -2.42. The number of carbonyl (C=O) groups is 1. The van der Waals surface area contributed by atoms with Gasteiger partial charge in [0.2, 0.25) is 0 Å². The fourth-order valence-corrected chi connectivity index (χ4v) is 3.09. The van der Waals surface area contributed by atoms with Crippen LogP contribution in [0, 0.1) is 0 Å². The summed E-state index contributed by atoms with van der Waals surface area (Å²) in [5.41, 5.74) is 0.918. The molecule has 1 saturated heterocycles. The number of urea groups is 1. The van der Waals surface area contributed by atoms with Gasteiger partial charge in [-0.05, 0) is 5.56 Å². The summed E-state index contributed by atoms with van der Waals surface area (Å²) >= 11 is 0. The van der Waals surface area contributed by atoms with Crippen molar-refractivity contribution >= 4 is 11.8 Å². The Kier molecular flexibility index (Phi) is 6.80. The van der Waals surface area contributed by atoms with Crippen LogP contribution in [0.2, 0.25) is 0 Å². The van der Waals surface area contributed by atoms with Crippen molar-refractivity contribution in [2.45, 2.75) is 12.6 Å². The molecule has 0 bridgehead atoms. The van der Waals surface area contributed by atoms with Gasteiger partial charge in [0.25, 0.3) is 0 Å². The van der Waals surface area contributed by atoms with E-state index in [1.165, 1.54) is 0 Å². The number of aromatic nitrogens is 2. The van der Waals surface area contributed by atoms with Crippen LogP contribution >= 0.6 is 0 Å². The van der Waals surface area contributed by atoms with E-state index in [0.29, 0.717) is 38.6 Å². The van der Waals surface area contributed by atoms with Gasteiger partial charge in [0.05, 0.1) is 19.3 Å². The van der Waals surface area contributed by atoms with E-state index in [1.807, 2.05) is 36.5 Å². The number of carbonyl (C=O) groups excluding carboxylic acids is 1. The van der Waals surface area contributed by atoms with Crippen LogP contribution in [0.15, 0.2) is 42.6 Å². The molecule has 3 rings (SSSR count). The molecule has 1 aromatic carbocycles. The summed E-state index contributed by atoms with van der Waals surface area (Å²) < 4.78 is 6.76. The molecule has 2 N–H and O–H groups in total. The van der Waals surface area contributed by atoms with Gasteiger partial charge in [0.15, 0.2) is 5.82 Å². The van der Waals surface area contributed by atoms with Gasteiger partial charge in [0, 0.05) is 52.1 Å². The second-order valence-corrected chi connectivity index (χ2v) is 6.60. The monoisotopic (exact) mass is 373 g/mol. The standard InChI is InChI=1S/C19H27N5O3/c1-27-14-13-24-8-7-18(21-24)20-19(26)23-11-9-22(10-12-23)15-17(25)16-5-3-2-4-6-16/h2-8,17,25H,9-15H2,1H3,(H,20,21,26). The lowest BCUT2D eigenvalue weighted by Crippen LogP contribution is -2.50. The van der Waals surface area contributed by atoms with Crippen LogP contribution in [0.5, 0.6) is 0 Å². The van der Waals surface area contributed by atoms with E-state index in [2.05, 4.69) is 15.3 Å². The Morgan fingerprint density at radius 2 is 1.96 bits per heavy atom. The van der Waals surface area contributed by atoms with Crippen molar-refractivity contribution in [3.63, 3.8) is 0 Å². The minimum absolute atomic E-state index is 0.143. The highest BCUT2D eigenvalue weighted by Crippen LogP contribution is 2.15. The first-order valence-corrected chi connectivity index (χ1v) is 9.19. The normalized spacial score (nSPS) is 16.3. The summed E-state index contributed by atoms with van der Waals surface area (Å²) in [6.45, 7) is 4.51. The van der Waals surface area contributed by atoms with Crippen LogP contribution in [0.4, 0.5) is 10.6 Å². The number of aliphatic hydroxyl groups excluding tert-OH is 1. The number of nitrogens with one attached hydrogen (secondary N) is 1. The molecule has 2 aromatic rings. The zero-order valence-corrected chi connectivity index (χ0v) is 15.6. The number of β-amino-alcohol motifs (C(OH)–C–C–N with tert-alkyl or cyclic N) is 1. The highest BCUT2D eigenvalue weighted by Gasteiger charge is 2.23. The van der Waals surface area contributed by atoms with Crippen LogP contribution in [-0.2, 0) is 11.3 Å². The summed E-state index contributed by atoms with van der Waals surface area (Å²) in [5.74, 6) is 0.540. The van der Waals surface area contributed by atoms with Crippen molar-refractivity contribution in [2.75, 3.05) is 51.8 Å². The number of piperazine rings is 1. The second kappa shape index (κ2) is 9.50. The number of hydrogen-bond acceptors (Lipinski definition) is 5. The number of hydrogen-bond donors (Lipinski definition) is 2. The van der Waals surface area contributed by atoms with Crippen molar-refractivity contribution in [3.05, 3.63) is 48.2 Å². The summed E-state index contributed by atoms with van der Waals surface area (Å²) in [6.07, 6.45) is 1.31. The molecule has 27 heavy (non-hydrogen) atoms. The number of methoxy groups -OCH3 is 1. The van der Waals surface area contributed by atoms with E-state index >= 15 is 0 Å². The van der Waals surface area contributed by atoms with Gasteiger partial charge in [0.1, 0.15) is 0 Å². The molecule has 1 fully saturated rings. The minimum atomic E-state index is -0.511. The minimum Gasteiger partial charge on any atom is -0.387 e. The van der Waals surface area contributed by atoms with Crippen molar-refractivity contribution in [3.8, 4) is 0 Å². The summed E-state index contributed by atoms with van der Waals surface area (Å²) in [6, 6.07) is 11.3. The Morgan fingerprint density at radius 3 is 2.67 bits per heavy atom. The van der Waals surface area contributed by atoms with Gasteiger partial charge in [-0.1, -0.05) is 30.3 Å². The van der Waals surface area contributed by atoms with Crippen LogP contribution in [0.25, 0.3) is 0 Å². The van der Waals surface area contributed by atoms with Crippen molar-refractivity contribution in [1.29, 1.82) is 0 Å². The molecule has 8 nitrogen and oxygen atoms in total. The molecule has 146 valence electrons. The molecule has 0 spiro atoms. The number of nitrogens with zero attached hydrogens (tertiary/aromatic N) is 4. The van der Waals surface area contributed by atoms with E-state index in [1.54, 1.807) is 22.8 Å². The van der Waals surface area contributed by atoms with Crippen LogP contribution < -0.4 is 5.32 Å². The molecule has 1 aromatic heterocycles. The predicted molar refractivity (Wildman–Crippen MR) is 103 cm³/mol. The third-order valence-corrected chi connectivity index (χ3v) is 4.68. The van der Waals surface area contributed by atoms with E-state index < -0.39 is 6.10 Å². The summed E-state index contributed by atoms with van der Waals surface area (Å²) in [5, 5.41) is 17.5. The molecular formula is C19H27N5O3. The molecule has 1 aliphatic heterocycles.